The molecule has 49 heavy (non-hydrogen) atoms. The number of nitrogens with zero attached hydrogens (tertiary/aromatic N) is 3. The molecule has 0 aliphatic carbocycles. The third-order valence-corrected chi connectivity index (χ3v) is 7.95. The number of allylic oxidation sites excluding steroid dienone is 3. The number of unbranched alkanes of at least 4 members (excludes halogenated alkanes) is 1. The number of carbonyl (C=O) groups is 3. The zero-order valence-electron chi connectivity index (χ0n) is 28.8. The highest BCUT2D eigenvalue weighted by molar-refractivity contribution is 7.15. The Kier molecular flexibility index (Phi) is 20.3. The maximum atomic E-state index is 11.9. The summed E-state index contributed by atoms with van der Waals surface area (Å²) in [5.41, 5.74) is 14.4. The van der Waals surface area contributed by atoms with E-state index in [1.54, 1.807) is 12.2 Å². The molecular formula is C36H51N7O5S. The molecule has 1 unspecified atom stereocenters. The summed E-state index contributed by atoms with van der Waals surface area (Å²) in [5, 5.41) is 14.3. The van der Waals surface area contributed by atoms with Gasteiger partial charge in [0, 0.05) is 31.8 Å². The number of nitrogens with two attached hydrogens (primary N) is 2. The highest BCUT2D eigenvalue weighted by Crippen LogP contribution is 2.18. The molecule has 266 valence electrons. The van der Waals surface area contributed by atoms with Crippen LogP contribution in [0.4, 0.5) is 5.13 Å². The van der Waals surface area contributed by atoms with Gasteiger partial charge in [0.1, 0.15) is 16.9 Å². The van der Waals surface area contributed by atoms with E-state index in [0.29, 0.717) is 30.1 Å². The average Bonchev–Trinajstić information content (AvgIpc) is 3.58. The summed E-state index contributed by atoms with van der Waals surface area (Å²) in [6.45, 7) is 9.99. The van der Waals surface area contributed by atoms with Crippen molar-refractivity contribution in [3.05, 3.63) is 100 Å². The summed E-state index contributed by atoms with van der Waals surface area (Å²) in [7, 11) is 0. The number of benzene rings is 2. The molecule has 2 aromatic carbocycles. The molecule has 1 saturated heterocycles. The molecule has 2 heterocycles. The lowest BCUT2D eigenvalue weighted by atomic mass is 10.1. The van der Waals surface area contributed by atoms with Crippen LogP contribution in [-0.4, -0.2) is 66.2 Å². The van der Waals surface area contributed by atoms with E-state index < -0.39 is 0 Å². The summed E-state index contributed by atoms with van der Waals surface area (Å²) in [4.78, 5) is 36.3. The molecule has 1 aliphatic heterocycles. The predicted octanol–water partition coefficient (Wildman–Crippen LogP) is 4.86. The van der Waals surface area contributed by atoms with Crippen molar-refractivity contribution in [2.75, 3.05) is 38.2 Å². The molecule has 0 saturated carbocycles. The molecule has 6 N–H and O–H groups in total. The number of morpholine rings is 1. The van der Waals surface area contributed by atoms with E-state index in [0.717, 1.165) is 68.2 Å². The summed E-state index contributed by atoms with van der Waals surface area (Å²) < 4.78 is 10.7. The standard InChI is InChI=1S/C19H24N6O2S.C15H21NO3.C2H6/c20-15(8-4-5-9-18-24-25-19(28-18)22-13-26)10-11-16(21)23-17(27)12-14-6-2-1-3-7-14;1-13(14-5-3-2-4-6-14)19-15(17)7-8-16-9-11-18-12-10-16;1-2/h1-3,6-7,10-11,13H,4-5,8-9,12,20-21H2,(H,23,27)(H,22,25,26);2-6,13H,7-12H2,1H3;1-2H3/b15-10-,16-11+;;. The number of carbonyl (C=O) groups excluding carboxylic acids is 3. The van der Waals surface area contributed by atoms with Crippen molar-refractivity contribution in [2.45, 2.75) is 65.4 Å². The van der Waals surface area contributed by atoms with Gasteiger partial charge in [0.25, 0.3) is 0 Å². The Labute approximate surface area is 294 Å². The molecule has 1 aromatic heterocycles. The van der Waals surface area contributed by atoms with E-state index in [4.69, 9.17) is 20.9 Å². The van der Waals surface area contributed by atoms with Gasteiger partial charge >= 0.3 is 5.97 Å². The van der Waals surface area contributed by atoms with Gasteiger partial charge in [0.2, 0.25) is 17.4 Å². The minimum absolute atomic E-state index is 0.136. The predicted molar refractivity (Wildman–Crippen MR) is 194 cm³/mol. The van der Waals surface area contributed by atoms with Crippen LogP contribution in [0, 0.1) is 0 Å². The number of amides is 2. The van der Waals surface area contributed by atoms with Gasteiger partial charge in [-0.2, -0.15) is 0 Å². The Balaban J connectivity index is 0.000000345. The van der Waals surface area contributed by atoms with Crippen LogP contribution < -0.4 is 22.1 Å². The Bertz CT molecular complexity index is 1430. The monoisotopic (exact) mass is 693 g/mol. The molecule has 0 radical (unpaired) electrons. The molecule has 12 nitrogen and oxygen atoms in total. The van der Waals surface area contributed by atoms with Crippen molar-refractivity contribution in [1.82, 2.24) is 20.4 Å². The largest absolute Gasteiger partial charge is 0.458 e. The summed E-state index contributed by atoms with van der Waals surface area (Å²) in [5.74, 6) is -0.0526. The number of hydrogen-bond donors (Lipinski definition) is 4. The molecule has 13 heteroatoms. The van der Waals surface area contributed by atoms with Gasteiger partial charge in [0.05, 0.1) is 26.1 Å². The van der Waals surface area contributed by atoms with Gasteiger partial charge in [-0.3, -0.25) is 19.3 Å². The lowest BCUT2D eigenvalue weighted by Gasteiger charge is -2.26. The minimum Gasteiger partial charge on any atom is -0.458 e. The lowest BCUT2D eigenvalue weighted by molar-refractivity contribution is -0.149. The van der Waals surface area contributed by atoms with Crippen molar-refractivity contribution >= 4 is 34.8 Å². The number of anilines is 1. The van der Waals surface area contributed by atoms with Crippen LogP contribution in [0.5, 0.6) is 0 Å². The lowest BCUT2D eigenvalue weighted by Crippen LogP contribution is -2.37. The van der Waals surface area contributed by atoms with Crippen LogP contribution in [-0.2, 0) is 36.7 Å². The first-order valence-electron chi connectivity index (χ1n) is 16.6. The molecule has 0 bridgehead atoms. The molecule has 3 aromatic rings. The summed E-state index contributed by atoms with van der Waals surface area (Å²) in [6.07, 6.45) is 7.68. The number of ether oxygens (including phenoxy) is 2. The fourth-order valence-corrected chi connectivity index (χ4v) is 5.24. The second-order valence-corrected chi connectivity index (χ2v) is 11.9. The number of hydrogen-bond acceptors (Lipinski definition) is 11. The number of nitrogens with one attached hydrogen (secondary N) is 2. The fraction of sp³-hybridized carbons (Fsp3) is 0.417. The topological polar surface area (TPSA) is 175 Å². The first-order chi connectivity index (χ1) is 23.8. The average molecular weight is 694 g/mol. The molecule has 1 atom stereocenters. The number of aryl methyl sites for hydroxylation is 1. The van der Waals surface area contributed by atoms with Gasteiger partial charge in [-0.05, 0) is 49.5 Å². The third-order valence-electron chi connectivity index (χ3n) is 7.04. The maximum Gasteiger partial charge on any atom is 0.307 e. The SMILES string of the molecule is CC.CC(OC(=O)CCN1CCOCC1)c1ccccc1.N/C(=C\C=C(/N)NC(=O)Cc1ccccc1)CCCCc1nnc(NC=O)s1. The first-order valence-corrected chi connectivity index (χ1v) is 17.5. The zero-order chi connectivity index (χ0) is 35.7. The van der Waals surface area contributed by atoms with Gasteiger partial charge in [-0.15, -0.1) is 10.2 Å². The van der Waals surface area contributed by atoms with E-state index in [2.05, 4.69) is 25.7 Å². The van der Waals surface area contributed by atoms with Gasteiger partial charge < -0.3 is 31.6 Å². The van der Waals surface area contributed by atoms with E-state index in [1.807, 2.05) is 81.4 Å². The van der Waals surface area contributed by atoms with Crippen molar-refractivity contribution < 1.29 is 23.9 Å². The number of esters is 1. The quantitative estimate of drug-likeness (QED) is 0.0702. The molecule has 1 aliphatic rings. The number of rotatable bonds is 16. The third kappa shape index (κ3) is 17.9. The zero-order valence-corrected chi connectivity index (χ0v) is 29.6. The van der Waals surface area contributed by atoms with E-state index in [9.17, 15) is 14.4 Å². The Morgan fingerprint density at radius 3 is 2.33 bits per heavy atom. The Morgan fingerprint density at radius 1 is 0.980 bits per heavy atom. The Hall–Kier alpha value is -4.59. The van der Waals surface area contributed by atoms with Crippen LogP contribution in [0.15, 0.2) is 84.3 Å². The van der Waals surface area contributed by atoms with Gasteiger partial charge in [0.15, 0.2) is 0 Å². The second kappa shape index (κ2) is 24.5. The fourth-order valence-electron chi connectivity index (χ4n) is 4.50. The molecule has 2 amide bonds. The highest BCUT2D eigenvalue weighted by atomic mass is 32.1. The van der Waals surface area contributed by atoms with E-state index in [1.165, 1.54) is 11.3 Å². The molecule has 0 spiro atoms. The van der Waals surface area contributed by atoms with Crippen LogP contribution in [0.25, 0.3) is 0 Å². The highest BCUT2D eigenvalue weighted by Gasteiger charge is 2.15. The van der Waals surface area contributed by atoms with E-state index in [-0.39, 0.29) is 30.2 Å². The summed E-state index contributed by atoms with van der Waals surface area (Å²) in [6, 6.07) is 19.3. The molecule has 1 fully saturated rings. The smallest absolute Gasteiger partial charge is 0.307 e. The van der Waals surface area contributed by atoms with Crippen molar-refractivity contribution in [2.24, 2.45) is 11.5 Å². The van der Waals surface area contributed by atoms with Gasteiger partial charge in [-0.25, -0.2) is 0 Å². The van der Waals surface area contributed by atoms with Crippen LogP contribution >= 0.6 is 11.3 Å². The normalized spacial score (nSPS) is 13.9. The van der Waals surface area contributed by atoms with Crippen LogP contribution in [0.1, 0.15) is 68.7 Å². The molecular weight excluding hydrogens is 643 g/mol. The van der Waals surface area contributed by atoms with Crippen molar-refractivity contribution in [3.8, 4) is 0 Å². The van der Waals surface area contributed by atoms with Crippen LogP contribution in [0.3, 0.4) is 0 Å². The second-order valence-electron chi connectivity index (χ2n) is 10.8. The number of aromatic nitrogens is 2. The van der Waals surface area contributed by atoms with Crippen molar-refractivity contribution in [3.63, 3.8) is 0 Å². The summed E-state index contributed by atoms with van der Waals surface area (Å²) >= 11 is 1.36. The van der Waals surface area contributed by atoms with Crippen LogP contribution in [0.2, 0.25) is 0 Å². The minimum atomic E-state index is -0.182. The van der Waals surface area contributed by atoms with Gasteiger partial charge in [-0.1, -0.05) is 85.8 Å². The Morgan fingerprint density at radius 2 is 1.65 bits per heavy atom. The van der Waals surface area contributed by atoms with Crippen molar-refractivity contribution in [1.29, 1.82) is 0 Å². The van der Waals surface area contributed by atoms with E-state index >= 15 is 0 Å². The first kappa shape index (κ1) is 40.6. The maximum absolute atomic E-state index is 11.9. The molecule has 4 rings (SSSR count).